The standard InChI is InChI=1S/C19H37N2/c1-4-7-10-11-14-19-20(15-12-8-5-2)17-18-21(19)16-13-9-6-3/h17-18H,4-16H2,1-3H3/q+1. The van der Waals surface area contributed by atoms with Crippen molar-refractivity contribution >= 4 is 0 Å². The molecule has 1 aromatic heterocycles. The molecule has 2 heteroatoms. The monoisotopic (exact) mass is 293 g/mol. The van der Waals surface area contributed by atoms with Crippen LogP contribution in [-0.2, 0) is 19.5 Å². The van der Waals surface area contributed by atoms with E-state index in [0.29, 0.717) is 0 Å². The largest absolute Gasteiger partial charge is 0.256 e. The van der Waals surface area contributed by atoms with Crippen molar-refractivity contribution in [3.8, 4) is 0 Å². The van der Waals surface area contributed by atoms with E-state index in [9.17, 15) is 0 Å². The predicted molar refractivity (Wildman–Crippen MR) is 91.5 cm³/mol. The van der Waals surface area contributed by atoms with Gasteiger partial charge in [-0.05, 0) is 32.1 Å². The van der Waals surface area contributed by atoms with E-state index in [1.54, 1.807) is 5.82 Å². The topological polar surface area (TPSA) is 8.81 Å². The van der Waals surface area contributed by atoms with Gasteiger partial charge >= 0.3 is 0 Å². The zero-order valence-corrected chi connectivity index (χ0v) is 14.7. The summed E-state index contributed by atoms with van der Waals surface area (Å²) in [4.78, 5) is 0. The van der Waals surface area contributed by atoms with Crippen LogP contribution < -0.4 is 4.57 Å². The molecule has 0 N–H and O–H groups in total. The maximum Gasteiger partial charge on any atom is 0.256 e. The molecule has 0 bridgehead atoms. The molecule has 21 heavy (non-hydrogen) atoms. The lowest BCUT2D eigenvalue weighted by Crippen LogP contribution is -2.37. The molecule has 1 rings (SSSR count). The third-order valence-corrected chi connectivity index (χ3v) is 4.35. The number of aromatic nitrogens is 2. The number of rotatable bonds is 13. The van der Waals surface area contributed by atoms with E-state index >= 15 is 0 Å². The first-order valence-electron chi connectivity index (χ1n) is 9.40. The Labute approximate surface area is 132 Å². The van der Waals surface area contributed by atoms with Crippen molar-refractivity contribution in [2.75, 3.05) is 0 Å². The fraction of sp³-hybridized carbons (Fsp3) is 0.842. The van der Waals surface area contributed by atoms with Crippen LogP contribution in [0.3, 0.4) is 0 Å². The van der Waals surface area contributed by atoms with Crippen molar-refractivity contribution in [2.24, 2.45) is 0 Å². The molecule has 0 spiro atoms. The predicted octanol–water partition coefficient (Wildman–Crippen LogP) is 5.28. The smallest absolute Gasteiger partial charge is 0.234 e. The van der Waals surface area contributed by atoms with Gasteiger partial charge in [-0.2, -0.15) is 0 Å². The minimum absolute atomic E-state index is 1.21. The Kier molecular flexibility index (Phi) is 10.3. The molecule has 0 radical (unpaired) electrons. The average molecular weight is 294 g/mol. The summed E-state index contributed by atoms with van der Waals surface area (Å²) in [5.41, 5.74) is 0. The molecular weight excluding hydrogens is 256 g/mol. The second-order valence-electron chi connectivity index (χ2n) is 6.33. The SMILES string of the molecule is CCCCCCc1n(CCCCC)cc[n+]1CCCCC. The van der Waals surface area contributed by atoms with Crippen LogP contribution in [0.2, 0.25) is 0 Å². The third-order valence-electron chi connectivity index (χ3n) is 4.35. The van der Waals surface area contributed by atoms with Gasteiger partial charge in [-0.15, -0.1) is 0 Å². The summed E-state index contributed by atoms with van der Waals surface area (Å²) in [6.07, 6.45) is 19.3. The van der Waals surface area contributed by atoms with Crippen molar-refractivity contribution in [3.05, 3.63) is 18.2 Å². The van der Waals surface area contributed by atoms with E-state index in [4.69, 9.17) is 0 Å². The number of hydrogen-bond donors (Lipinski definition) is 0. The summed E-state index contributed by atoms with van der Waals surface area (Å²) in [5.74, 6) is 1.57. The van der Waals surface area contributed by atoms with Crippen LogP contribution in [0.15, 0.2) is 12.4 Å². The van der Waals surface area contributed by atoms with Crippen molar-refractivity contribution in [3.63, 3.8) is 0 Å². The third kappa shape index (κ3) is 7.15. The Morgan fingerprint density at radius 2 is 1.48 bits per heavy atom. The molecule has 1 aromatic rings. The number of unbranched alkanes of at least 4 members (excludes halogenated alkanes) is 7. The lowest BCUT2D eigenvalue weighted by atomic mass is 10.1. The molecule has 0 atom stereocenters. The van der Waals surface area contributed by atoms with Crippen LogP contribution in [0.5, 0.6) is 0 Å². The summed E-state index contributed by atoms with van der Waals surface area (Å²) in [6.45, 7) is 9.27. The van der Waals surface area contributed by atoms with E-state index in [1.807, 2.05) is 0 Å². The first-order valence-corrected chi connectivity index (χ1v) is 9.40. The summed E-state index contributed by atoms with van der Waals surface area (Å²) in [5, 5.41) is 0. The summed E-state index contributed by atoms with van der Waals surface area (Å²) >= 11 is 0. The quantitative estimate of drug-likeness (QED) is 0.346. The summed E-state index contributed by atoms with van der Waals surface area (Å²) in [7, 11) is 0. The van der Waals surface area contributed by atoms with Gasteiger partial charge in [-0.1, -0.05) is 52.9 Å². The first kappa shape index (κ1) is 18.3. The van der Waals surface area contributed by atoms with Crippen LogP contribution in [0.1, 0.15) is 90.8 Å². The fourth-order valence-corrected chi connectivity index (χ4v) is 2.97. The molecule has 2 nitrogen and oxygen atoms in total. The zero-order valence-electron chi connectivity index (χ0n) is 14.7. The molecular formula is C19H37N2+. The highest BCUT2D eigenvalue weighted by Gasteiger charge is 2.16. The molecule has 1 heterocycles. The second-order valence-corrected chi connectivity index (χ2v) is 6.33. The molecule has 0 aliphatic carbocycles. The highest BCUT2D eigenvalue weighted by Crippen LogP contribution is 2.08. The van der Waals surface area contributed by atoms with Gasteiger partial charge in [0, 0.05) is 6.42 Å². The van der Waals surface area contributed by atoms with E-state index in [0.717, 1.165) is 0 Å². The van der Waals surface area contributed by atoms with Crippen molar-refractivity contribution in [1.29, 1.82) is 0 Å². The maximum absolute atomic E-state index is 2.52. The molecule has 122 valence electrons. The Hall–Kier alpha value is -0.790. The molecule has 0 fully saturated rings. The number of aryl methyl sites for hydroxylation is 2. The van der Waals surface area contributed by atoms with Crippen molar-refractivity contribution in [1.82, 2.24) is 4.57 Å². The van der Waals surface area contributed by atoms with Crippen LogP contribution >= 0.6 is 0 Å². The van der Waals surface area contributed by atoms with Crippen LogP contribution in [-0.4, -0.2) is 4.57 Å². The van der Waals surface area contributed by atoms with Crippen molar-refractivity contribution in [2.45, 2.75) is 104 Å². The highest BCUT2D eigenvalue weighted by molar-refractivity contribution is 4.84. The average Bonchev–Trinajstić information content (AvgIpc) is 2.87. The lowest BCUT2D eigenvalue weighted by Gasteiger charge is -2.05. The van der Waals surface area contributed by atoms with Gasteiger partial charge in [0.2, 0.25) is 0 Å². The highest BCUT2D eigenvalue weighted by atomic mass is 15.1. The molecule has 0 aliphatic rings. The number of imidazole rings is 1. The summed E-state index contributed by atoms with van der Waals surface area (Å²) in [6, 6.07) is 0. The van der Waals surface area contributed by atoms with Gasteiger partial charge < -0.3 is 0 Å². The maximum atomic E-state index is 2.52. The van der Waals surface area contributed by atoms with Gasteiger partial charge in [0.25, 0.3) is 5.82 Å². The Morgan fingerprint density at radius 1 is 0.810 bits per heavy atom. The number of nitrogens with zero attached hydrogens (tertiary/aromatic N) is 2. The van der Waals surface area contributed by atoms with Gasteiger partial charge in [-0.3, -0.25) is 0 Å². The lowest BCUT2D eigenvalue weighted by molar-refractivity contribution is -0.704. The van der Waals surface area contributed by atoms with Gasteiger partial charge in [0.15, 0.2) is 0 Å². The molecule has 0 unspecified atom stereocenters. The van der Waals surface area contributed by atoms with E-state index in [2.05, 4.69) is 42.3 Å². The molecule has 0 aliphatic heterocycles. The normalized spacial score (nSPS) is 11.2. The molecule has 0 aromatic carbocycles. The van der Waals surface area contributed by atoms with Crippen LogP contribution in [0.4, 0.5) is 0 Å². The van der Waals surface area contributed by atoms with Crippen LogP contribution in [0, 0.1) is 0 Å². The minimum atomic E-state index is 1.21. The fourth-order valence-electron chi connectivity index (χ4n) is 2.97. The second kappa shape index (κ2) is 11.8. The van der Waals surface area contributed by atoms with E-state index < -0.39 is 0 Å². The van der Waals surface area contributed by atoms with E-state index in [-0.39, 0.29) is 0 Å². The molecule has 0 amide bonds. The van der Waals surface area contributed by atoms with Gasteiger partial charge in [0.05, 0.1) is 13.1 Å². The minimum Gasteiger partial charge on any atom is -0.234 e. The van der Waals surface area contributed by atoms with E-state index in [1.165, 1.54) is 83.7 Å². The van der Waals surface area contributed by atoms with Crippen LogP contribution in [0.25, 0.3) is 0 Å². The Morgan fingerprint density at radius 3 is 2.19 bits per heavy atom. The molecule has 0 saturated heterocycles. The zero-order chi connectivity index (χ0) is 15.3. The summed E-state index contributed by atoms with van der Waals surface area (Å²) < 4.78 is 5.04. The van der Waals surface area contributed by atoms with Gasteiger partial charge in [0.1, 0.15) is 12.4 Å². The Bertz CT molecular complexity index is 327. The van der Waals surface area contributed by atoms with Gasteiger partial charge in [-0.25, -0.2) is 9.13 Å². The number of hydrogen-bond acceptors (Lipinski definition) is 0. The molecule has 0 saturated carbocycles. The first-order chi connectivity index (χ1) is 10.3. The van der Waals surface area contributed by atoms with Crippen molar-refractivity contribution < 1.29 is 4.57 Å². The Balaban J connectivity index is 2.58.